The number of nitrogens with one attached hydrogen (secondary N) is 2. The molecule has 1 aromatic rings. The number of aromatic carboxylic acids is 1. The first kappa shape index (κ1) is 13.4. The predicted molar refractivity (Wildman–Crippen MR) is 62.5 cm³/mol. The first-order chi connectivity index (χ1) is 7.96. The summed E-state index contributed by atoms with van der Waals surface area (Å²) in [5.41, 5.74) is 0.167. The summed E-state index contributed by atoms with van der Waals surface area (Å²) in [4.78, 5) is 14.5. The number of carboxylic acids is 1. The van der Waals surface area contributed by atoms with E-state index in [2.05, 4.69) is 15.0 Å². The van der Waals surface area contributed by atoms with Crippen LogP contribution in [0.25, 0.3) is 0 Å². The van der Waals surface area contributed by atoms with Gasteiger partial charge < -0.3 is 10.4 Å². The smallest absolute Gasteiger partial charge is 0.356 e. The van der Waals surface area contributed by atoms with Gasteiger partial charge >= 0.3 is 5.97 Å². The number of aromatic nitrogens is 1. The topological polar surface area (TPSA) is 108 Å². The number of sulfonamides is 1. The molecule has 0 aliphatic rings. The summed E-state index contributed by atoms with van der Waals surface area (Å²) in [5.74, 6) is -1.30. The lowest BCUT2D eigenvalue weighted by Gasteiger charge is -2.08. The summed E-state index contributed by atoms with van der Waals surface area (Å²) in [6.07, 6.45) is 1.36. The first-order valence-electron chi connectivity index (χ1n) is 4.79. The van der Waals surface area contributed by atoms with Crippen molar-refractivity contribution < 1.29 is 18.3 Å². The molecule has 0 saturated carbocycles. The van der Waals surface area contributed by atoms with Crippen LogP contribution in [0.2, 0.25) is 0 Å². The van der Waals surface area contributed by atoms with E-state index in [0.29, 0.717) is 5.69 Å². The molecule has 0 unspecified atom stereocenters. The summed E-state index contributed by atoms with van der Waals surface area (Å²) in [5, 5.41) is 11.6. The Balaban J connectivity index is 2.67. The molecule has 7 nitrogen and oxygen atoms in total. The van der Waals surface area contributed by atoms with E-state index in [1.165, 1.54) is 19.3 Å². The molecule has 0 atom stereocenters. The lowest BCUT2D eigenvalue weighted by molar-refractivity contribution is 0.0691. The van der Waals surface area contributed by atoms with E-state index in [1.807, 2.05) is 0 Å². The highest BCUT2D eigenvalue weighted by atomic mass is 32.2. The molecule has 0 spiro atoms. The van der Waals surface area contributed by atoms with Crippen molar-refractivity contribution in [3.63, 3.8) is 0 Å². The van der Waals surface area contributed by atoms with Gasteiger partial charge in [0.2, 0.25) is 10.0 Å². The van der Waals surface area contributed by atoms with Crippen LogP contribution in [0, 0.1) is 0 Å². The zero-order valence-corrected chi connectivity index (χ0v) is 9.99. The molecule has 3 N–H and O–H groups in total. The van der Waals surface area contributed by atoms with E-state index in [0.717, 1.165) is 0 Å². The molecule has 0 fully saturated rings. The second-order valence-corrected chi connectivity index (χ2v) is 5.20. The number of carbonyl (C=O) groups is 1. The Morgan fingerprint density at radius 1 is 1.53 bits per heavy atom. The fraction of sp³-hybridized carbons (Fsp3) is 0.333. The van der Waals surface area contributed by atoms with Crippen molar-refractivity contribution in [3.8, 4) is 0 Å². The molecule has 0 saturated heterocycles. The van der Waals surface area contributed by atoms with Gasteiger partial charge in [0, 0.05) is 12.7 Å². The lowest BCUT2D eigenvalue weighted by Crippen LogP contribution is -2.26. The van der Waals surface area contributed by atoms with E-state index in [4.69, 9.17) is 5.11 Å². The van der Waals surface area contributed by atoms with Crippen molar-refractivity contribution in [2.75, 3.05) is 24.7 Å². The molecular weight excluding hydrogens is 246 g/mol. The summed E-state index contributed by atoms with van der Waals surface area (Å²) < 4.78 is 24.4. The highest BCUT2D eigenvalue weighted by Crippen LogP contribution is 2.11. The van der Waals surface area contributed by atoms with Crippen LogP contribution >= 0.6 is 0 Å². The van der Waals surface area contributed by atoms with Crippen LogP contribution in [0.15, 0.2) is 18.3 Å². The zero-order valence-electron chi connectivity index (χ0n) is 9.17. The van der Waals surface area contributed by atoms with Crippen LogP contribution < -0.4 is 10.0 Å². The zero-order chi connectivity index (χ0) is 12.9. The number of anilines is 1. The number of hydrogen-bond donors (Lipinski definition) is 3. The number of nitrogens with zero attached hydrogens (tertiary/aromatic N) is 1. The predicted octanol–water partition coefficient (Wildman–Crippen LogP) is -0.259. The molecule has 1 aromatic heterocycles. The van der Waals surface area contributed by atoms with Gasteiger partial charge in [-0.2, -0.15) is 0 Å². The maximum Gasteiger partial charge on any atom is 0.356 e. The average molecular weight is 259 g/mol. The summed E-state index contributed by atoms with van der Waals surface area (Å²) in [7, 11) is -1.98. The van der Waals surface area contributed by atoms with Crippen molar-refractivity contribution in [2.45, 2.75) is 0 Å². The third-order valence-corrected chi connectivity index (χ3v) is 3.37. The normalized spacial score (nSPS) is 11.1. The molecule has 17 heavy (non-hydrogen) atoms. The third kappa shape index (κ3) is 4.00. The Bertz CT molecular complexity index is 501. The van der Waals surface area contributed by atoms with Gasteiger partial charge in [-0.05, 0) is 19.2 Å². The van der Waals surface area contributed by atoms with Crippen molar-refractivity contribution in [1.82, 2.24) is 9.71 Å². The maximum atomic E-state index is 11.1. The van der Waals surface area contributed by atoms with Crippen molar-refractivity contribution in [1.29, 1.82) is 0 Å². The van der Waals surface area contributed by atoms with Crippen molar-refractivity contribution in [2.24, 2.45) is 0 Å². The monoisotopic (exact) mass is 259 g/mol. The minimum Gasteiger partial charge on any atom is -0.476 e. The minimum atomic E-state index is -3.30. The molecule has 0 aliphatic carbocycles. The van der Waals surface area contributed by atoms with Crippen LogP contribution in [0.5, 0.6) is 0 Å². The Kier molecular flexibility index (Phi) is 4.41. The fourth-order valence-corrected chi connectivity index (χ4v) is 1.72. The molecule has 8 heteroatoms. The van der Waals surface area contributed by atoms with Gasteiger partial charge in [0.1, 0.15) is 0 Å². The number of hydrogen-bond acceptors (Lipinski definition) is 5. The number of rotatable bonds is 6. The fourth-order valence-electron chi connectivity index (χ4n) is 1.14. The van der Waals surface area contributed by atoms with E-state index in [9.17, 15) is 13.2 Å². The molecule has 0 bridgehead atoms. The van der Waals surface area contributed by atoms with Gasteiger partial charge in [0.05, 0.1) is 11.4 Å². The second kappa shape index (κ2) is 5.60. The van der Waals surface area contributed by atoms with Gasteiger partial charge in [-0.15, -0.1) is 0 Å². The van der Waals surface area contributed by atoms with E-state index in [-0.39, 0.29) is 18.0 Å². The highest BCUT2D eigenvalue weighted by molar-refractivity contribution is 7.89. The van der Waals surface area contributed by atoms with Crippen molar-refractivity contribution >= 4 is 21.7 Å². The molecular formula is C9H13N3O4S. The van der Waals surface area contributed by atoms with Crippen LogP contribution in [-0.2, 0) is 10.0 Å². The van der Waals surface area contributed by atoms with E-state index < -0.39 is 16.0 Å². The molecule has 1 rings (SSSR count). The first-order valence-corrected chi connectivity index (χ1v) is 6.45. The molecule has 0 aromatic carbocycles. The van der Waals surface area contributed by atoms with Gasteiger partial charge in [0.25, 0.3) is 0 Å². The van der Waals surface area contributed by atoms with E-state index in [1.54, 1.807) is 6.07 Å². The average Bonchev–Trinajstić information content (AvgIpc) is 2.29. The SMILES string of the molecule is CNS(=O)(=O)CCNc1cccnc1C(=O)O. The number of pyridine rings is 1. The molecule has 0 aliphatic heterocycles. The Hall–Kier alpha value is -1.67. The third-order valence-electron chi connectivity index (χ3n) is 2.01. The molecule has 94 valence electrons. The van der Waals surface area contributed by atoms with Crippen LogP contribution in [0.4, 0.5) is 5.69 Å². The maximum absolute atomic E-state index is 11.1. The van der Waals surface area contributed by atoms with Crippen molar-refractivity contribution in [3.05, 3.63) is 24.0 Å². The van der Waals surface area contributed by atoms with Gasteiger partial charge in [0.15, 0.2) is 5.69 Å². The van der Waals surface area contributed by atoms with Gasteiger partial charge in [-0.1, -0.05) is 0 Å². The molecule has 0 radical (unpaired) electrons. The van der Waals surface area contributed by atoms with E-state index >= 15 is 0 Å². The largest absolute Gasteiger partial charge is 0.476 e. The Morgan fingerprint density at radius 2 is 2.24 bits per heavy atom. The van der Waals surface area contributed by atoms with Crippen LogP contribution in [0.3, 0.4) is 0 Å². The summed E-state index contributed by atoms with van der Waals surface area (Å²) in [6, 6.07) is 3.10. The lowest BCUT2D eigenvalue weighted by atomic mass is 10.3. The highest BCUT2D eigenvalue weighted by Gasteiger charge is 2.11. The van der Waals surface area contributed by atoms with Crippen LogP contribution in [-0.4, -0.2) is 43.8 Å². The van der Waals surface area contributed by atoms with Crippen LogP contribution in [0.1, 0.15) is 10.5 Å². The van der Waals surface area contributed by atoms with Gasteiger partial charge in [-0.25, -0.2) is 22.9 Å². The summed E-state index contributed by atoms with van der Waals surface area (Å²) >= 11 is 0. The second-order valence-electron chi connectivity index (χ2n) is 3.15. The van der Waals surface area contributed by atoms with Gasteiger partial charge in [-0.3, -0.25) is 0 Å². The summed E-state index contributed by atoms with van der Waals surface area (Å²) in [6.45, 7) is 0.106. The molecule has 1 heterocycles. The Morgan fingerprint density at radius 3 is 2.82 bits per heavy atom. The minimum absolute atomic E-state index is 0.106. The quantitative estimate of drug-likeness (QED) is 0.649. The Labute approximate surface area is 98.9 Å². The standard InChI is InChI=1S/C9H13N3O4S/c1-10-17(15,16)6-5-11-7-3-2-4-12-8(7)9(13)14/h2-4,10-11H,5-6H2,1H3,(H,13,14). The molecule has 0 amide bonds. The number of carboxylic acid groups (broad SMARTS) is 1.